The van der Waals surface area contributed by atoms with Crippen LogP contribution in [-0.2, 0) is 13.0 Å². The molecule has 2 atom stereocenters. The van der Waals surface area contributed by atoms with Gasteiger partial charge >= 0.3 is 5.97 Å². The van der Waals surface area contributed by atoms with Crippen LogP contribution in [0.15, 0.2) is 48.5 Å². The number of hydrogen-bond donors (Lipinski definition) is 3. The Balaban J connectivity index is 1.29. The summed E-state index contributed by atoms with van der Waals surface area (Å²) in [5, 5.41) is 23.3. The van der Waals surface area contributed by atoms with E-state index in [1.807, 2.05) is 12.1 Å². The number of carboxylic acids is 1. The highest BCUT2D eigenvalue weighted by molar-refractivity contribution is 5.89. The summed E-state index contributed by atoms with van der Waals surface area (Å²) in [7, 11) is 0. The third kappa shape index (κ3) is 5.45. The molecule has 2 aromatic carbocycles. The first-order chi connectivity index (χ1) is 15.1. The maximum absolute atomic E-state index is 11.4. The van der Waals surface area contributed by atoms with Gasteiger partial charge < -0.3 is 25.3 Å². The minimum atomic E-state index is -0.872. The van der Waals surface area contributed by atoms with Crippen molar-refractivity contribution in [2.45, 2.75) is 50.9 Å². The number of piperidine rings is 1. The van der Waals surface area contributed by atoms with Crippen molar-refractivity contribution in [1.29, 1.82) is 0 Å². The molecule has 2 unspecified atom stereocenters. The summed E-state index contributed by atoms with van der Waals surface area (Å²) in [6.07, 6.45) is 4.74. The molecule has 2 aliphatic rings. The molecule has 0 aliphatic carbocycles. The van der Waals surface area contributed by atoms with Crippen molar-refractivity contribution in [3.63, 3.8) is 0 Å². The molecule has 0 spiro atoms. The van der Waals surface area contributed by atoms with Gasteiger partial charge in [-0.2, -0.15) is 0 Å². The third-order valence-electron chi connectivity index (χ3n) is 6.57. The summed E-state index contributed by atoms with van der Waals surface area (Å²) < 4.78 is 0. The Morgan fingerprint density at radius 1 is 1.00 bits per heavy atom. The predicted molar refractivity (Wildman–Crippen MR) is 122 cm³/mol. The van der Waals surface area contributed by atoms with Gasteiger partial charge in [0.25, 0.3) is 0 Å². The number of carbonyl (C=O) groups is 1. The van der Waals surface area contributed by atoms with Crippen molar-refractivity contribution >= 4 is 11.7 Å². The molecule has 0 saturated carbocycles. The summed E-state index contributed by atoms with van der Waals surface area (Å²) in [6, 6.07) is 16.1. The van der Waals surface area contributed by atoms with E-state index in [0.29, 0.717) is 18.2 Å². The fourth-order valence-corrected chi connectivity index (χ4v) is 4.82. The number of likely N-dealkylation sites (tertiary alicyclic amines) is 1. The Morgan fingerprint density at radius 3 is 2.58 bits per heavy atom. The van der Waals surface area contributed by atoms with Gasteiger partial charge in [-0.3, -0.25) is 0 Å². The Bertz CT molecular complexity index is 888. The van der Waals surface area contributed by atoms with Crippen molar-refractivity contribution in [3.8, 4) is 0 Å². The van der Waals surface area contributed by atoms with Crippen molar-refractivity contribution < 1.29 is 15.0 Å². The highest BCUT2D eigenvalue weighted by Crippen LogP contribution is 2.27. The Kier molecular flexibility index (Phi) is 7.22. The number of carboxylic acid groups (broad SMARTS) is 1. The van der Waals surface area contributed by atoms with Gasteiger partial charge in [0.2, 0.25) is 0 Å². The Labute approximate surface area is 184 Å². The zero-order valence-corrected chi connectivity index (χ0v) is 18.0. The minimum Gasteiger partial charge on any atom is -0.478 e. The van der Waals surface area contributed by atoms with Crippen LogP contribution in [0.1, 0.15) is 47.2 Å². The Morgan fingerprint density at radius 2 is 1.77 bits per heavy atom. The lowest BCUT2D eigenvalue weighted by Gasteiger charge is -2.35. The molecule has 4 rings (SSSR count). The number of aliphatic hydroxyl groups excluding tert-OH is 1. The minimum absolute atomic E-state index is 0.371. The predicted octanol–water partition coefficient (Wildman–Crippen LogP) is 3.10. The topological polar surface area (TPSA) is 76.0 Å². The fourth-order valence-electron chi connectivity index (χ4n) is 4.82. The number of aliphatic hydroxyl groups is 1. The van der Waals surface area contributed by atoms with Crippen LogP contribution in [0.4, 0.5) is 5.69 Å². The highest BCUT2D eigenvalue weighted by Gasteiger charge is 2.24. The number of aromatic carboxylic acids is 1. The molecule has 6 nitrogen and oxygen atoms in total. The summed E-state index contributed by atoms with van der Waals surface area (Å²) in [6.45, 7) is 4.52. The smallest absolute Gasteiger partial charge is 0.336 e. The van der Waals surface area contributed by atoms with E-state index in [2.05, 4.69) is 39.4 Å². The average molecular weight is 424 g/mol. The van der Waals surface area contributed by atoms with Crippen LogP contribution in [0.5, 0.6) is 0 Å². The van der Waals surface area contributed by atoms with E-state index < -0.39 is 5.97 Å². The lowest BCUT2D eigenvalue weighted by Crippen LogP contribution is -2.40. The van der Waals surface area contributed by atoms with Crippen LogP contribution in [0, 0.1) is 0 Å². The first kappa shape index (κ1) is 21.8. The lowest BCUT2D eigenvalue weighted by molar-refractivity contribution is 0.0695. The second kappa shape index (κ2) is 10.3. The van der Waals surface area contributed by atoms with E-state index >= 15 is 0 Å². The largest absolute Gasteiger partial charge is 0.478 e. The fraction of sp³-hybridized carbons (Fsp3) is 0.480. The van der Waals surface area contributed by atoms with E-state index in [9.17, 15) is 15.0 Å². The molecule has 2 saturated heterocycles. The van der Waals surface area contributed by atoms with Gasteiger partial charge in [-0.15, -0.1) is 0 Å². The number of rotatable bonds is 8. The van der Waals surface area contributed by atoms with Crippen LogP contribution in [0.3, 0.4) is 0 Å². The van der Waals surface area contributed by atoms with E-state index in [-0.39, 0.29) is 6.23 Å². The van der Waals surface area contributed by atoms with E-state index in [1.54, 1.807) is 12.1 Å². The number of benzene rings is 2. The summed E-state index contributed by atoms with van der Waals surface area (Å²) >= 11 is 0. The number of nitrogens with zero attached hydrogens (tertiary/aromatic N) is 2. The molecule has 6 heteroatoms. The van der Waals surface area contributed by atoms with Gasteiger partial charge in [0, 0.05) is 37.9 Å². The second-order valence-electron chi connectivity index (χ2n) is 8.68. The molecule has 0 bridgehead atoms. The molecule has 2 fully saturated rings. The zero-order chi connectivity index (χ0) is 21.6. The number of para-hydroxylation sites is 1. The molecule has 0 aromatic heterocycles. The van der Waals surface area contributed by atoms with E-state index in [0.717, 1.165) is 63.8 Å². The van der Waals surface area contributed by atoms with Crippen LogP contribution >= 0.6 is 0 Å². The zero-order valence-electron chi connectivity index (χ0n) is 18.0. The van der Waals surface area contributed by atoms with Crippen molar-refractivity contribution in [2.75, 3.05) is 31.1 Å². The van der Waals surface area contributed by atoms with Crippen LogP contribution < -0.4 is 10.2 Å². The summed E-state index contributed by atoms with van der Waals surface area (Å²) in [4.78, 5) is 16.0. The Hall–Kier alpha value is -2.41. The first-order valence-corrected chi connectivity index (χ1v) is 11.4. The number of hydrogen-bond acceptors (Lipinski definition) is 5. The normalized spacial score (nSPS) is 22.0. The molecule has 2 aromatic rings. The van der Waals surface area contributed by atoms with E-state index in [4.69, 9.17) is 0 Å². The van der Waals surface area contributed by atoms with Crippen molar-refractivity contribution in [2.24, 2.45) is 0 Å². The number of nitrogens with one attached hydrogen (secondary N) is 1. The van der Waals surface area contributed by atoms with Crippen LogP contribution in [0.2, 0.25) is 0 Å². The van der Waals surface area contributed by atoms with Crippen molar-refractivity contribution in [1.82, 2.24) is 10.2 Å². The molecular weight excluding hydrogens is 390 g/mol. The molecular formula is C25H33N3O3. The van der Waals surface area contributed by atoms with E-state index in [1.165, 1.54) is 11.3 Å². The second-order valence-corrected chi connectivity index (χ2v) is 8.68. The quantitative estimate of drug-likeness (QED) is 0.606. The average Bonchev–Trinajstić information content (AvgIpc) is 3.25. The summed E-state index contributed by atoms with van der Waals surface area (Å²) in [5.74, 6) is -0.872. The molecule has 2 heterocycles. The van der Waals surface area contributed by atoms with Gasteiger partial charge in [0.05, 0.1) is 5.56 Å². The SMILES string of the molecule is O=C(O)c1ccccc1CNC1CCN(CCc2ccccc2N2CCCCC2O)C1. The monoisotopic (exact) mass is 423 g/mol. The van der Waals surface area contributed by atoms with Gasteiger partial charge in [-0.1, -0.05) is 36.4 Å². The third-order valence-corrected chi connectivity index (χ3v) is 6.57. The molecule has 2 aliphatic heterocycles. The molecule has 3 N–H and O–H groups in total. The van der Waals surface area contributed by atoms with Gasteiger partial charge in [-0.25, -0.2) is 4.79 Å². The van der Waals surface area contributed by atoms with Gasteiger partial charge in [-0.05, 0) is 61.9 Å². The summed E-state index contributed by atoms with van der Waals surface area (Å²) in [5.41, 5.74) is 3.69. The van der Waals surface area contributed by atoms with Gasteiger partial charge in [0.1, 0.15) is 6.23 Å². The maximum atomic E-state index is 11.4. The van der Waals surface area contributed by atoms with Gasteiger partial charge in [0.15, 0.2) is 0 Å². The standard InChI is InChI=1S/C25H33N3O3/c29-24-11-5-6-14-28(24)23-10-4-2-7-19(23)12-15-27-16-13-21(18-27)26-17-20-8-1-3-9-22(20)25(30)31/h1-4,7-10,21,24,26,29H,5-6,11-18H2,(H,30,31). The van der Waals surface area contributed by atoms with Crippen LogP contribution in [0.25, 0.3) is 0 Å². The highest BCUT2D eigenvalue weighted by atomic mass is 16.4. The molecule has 166 valence electrons. The molecule has 0 amide bonds. The number of anilines is 1. The maximum Gasteiger partial charge on any atom is 0.336 e. The lowest BCUT2D eigenvalue weighted by atomic mass is 10.0. The molecule has 0 radical (unpaired) electrons. The van der Waals surface area contributed by atoms with Crippen molar-refractivity contribution in [3.05, 3.63) is 65.2 Å². The first-order valence-electron chi connectivity index (χ1n) is 11.4. The molecule has 31 heavy (non-hydrogen) atoms. The van der Waals surface area contributed by atoms with Crippen LogP contribution in [-0.4, -0.2) is 59.5 Å².